The normalized spacial score (nSPS) is 19.3. The molecule has 5 nitrogen and oxygen atoms in total. The van der Waals surface area contributed by atoms with Crippen molar-refractivity contribution in [1.82, 2.24) is 10.3 Å². The number of carboxylic acid groups (broad SMARTS) is 1. The van der Waals surface area contributed by atoms with E-state index in [4.69, 9.17) is 9.72 Å². The van der Waals surface area contributed by atoms with Crippen LogP contribution in [0.5, 0.6) is 5.75 Å². The Balaban J connectivity index is 1.61. The van der Waals surface area contributed by atoms with E-state index in [1.54, 1.807) is 11.3 Å². The zero-order valence-electron chi connectivity index (χ0n) is 16.2. The lowest BCUT2D eigenvalue weighted by atomic mass is 9.78. The Morgan fingerprint density at radius 2 is 2.00 bits per heavy atom. The van der Waals surface area contributed by atoms with Crippen LogP contribution in [0, 0.1) is 5.92 Å². The maximum absolute atomic E-state index is 11.6. The van der Waals surface area contributed by atoms with Gasteiger partial charge in [-0.3, -0.25) is 4.79 Å². The van der Waals surface area contributed by atoms with Crippen LogP contribution < -0.4 is 10.1 Å². The van der Waals surface area contributed by atoms with Crippen molar-refractivity contribution < 1.29 is 14.6 Å². The van der Waals surface area contributed by atoms with Gasteiger partial charge in [0.25, 0.3) is 0 Å². The third kappa shape index (κ3) is 4.18. The Morgan fingerprint density at radius 3 is 2.62 bits per heavy atom. The van der Waals surface area contributed by atoms with Gasteiger partial charge in [0.05, 0.1) is 23.3 Å². The third-order valence-electron chi connectivity index (χ3n) is 5.24. The van der Waals surface area contributed by atoms with Crippen molar-refractivity contribution in [2.75, 3.05) is 13.2 Å². The topological polar surface area (TPSA) is 71.5 Å². The molecule has 150 valence electrons. The van der Waals surface area contributed by atoms with Gasteiger partial charge in [-0.1, -0.05) is 37.3 Å². The van der Waals surface area contributed by atoms with Crippen molar-refractivity contribution in [2.45, 2.75) is 25.3 Å². The van der Waals surface area contributed by atoms with E-state index in [0.717, 1.165) is 33.2 Å². The summed E-state index contributed by atoms with van der Waals surface area (Å²) in [4.78, 5) is 17.4. The number of carboxylic acids is 1. The zero-order chi connectivity index (χ0) is 20.2. The zero-order valence-corrected chi connectivity index (χ0v) is 17.1. The molecular weight excluding hydrogens is 384 g/mol. The molecule has 1 fully saturated rings. The number of thiazole rings is 1. The molecule has 3 atom stereocenters. The lowest BCUT2D eigenvalue weighted by Crippen LogP contribution is -2.59. The molecule has 4 rings (SSSR count). The van der Waals surface area contributed by atoms with Crippen LogP contribution in [0.1, 0.15) is 29.8 Å². The Hall–Kier alpha value is -2.70. The molecule has 2 N–H and O–H groups in total. The Morgan fingerprint density at radius 1 is 1.24 bits per heavy atom. The minimum absolute atomic E-state index is 0.0861. The first kappa shape index (κ1) is 19.6. The van der Waals surface area contributed by atoms with E-state index >= 15 is 0 Å². The lowest BCUT2D eigenvalue weighted by molar-refractivity contribution is -0.145. The summed E-state index contributed by atoms with van der Waals surface area (Å²) in [6.45, 7) is 3.30. The van der Waals surface area contributed by atoms with Crippen molar-refractivity contribution in [3.63, 3.8) is 0 Å². The third-order valence-corrected chi connectivity index (χ3v) is 6.37. The van der Waals surface area contributed by atoms with Crippen LogP contribution in [0.4, 0.5) is 0 Å². The van der Waals surface area contributed by atoms with Crippen molar-refractivity contribution >= 4 is 17.3 Å². The summed E-state index contributed by atoms with van der Waals surface area (Å²) in [6.07, 6.45) is 2.86. The van der Waals surface area contributed by atoms with E-state index in [9.17, 15) is 9.90 Å². The van der Waals surface area contributed by atoms with Crippen molar-refractivity contribution in [1.29, 1.82) is 0 Å². The van der Waals surface area contributed by atoms with Crippen molar-refractivity contribution in [3.05, 3.63) is 71.4 Å². The van der Waals surface area contributed by atoms with Gasteiger partial charge < -0.3 is 15.2 Å². The lowest BCUT2D eigenvalue weighted by Gasteiger charge is -2.40. The van der Waals surface area contributed by atoms with Crippen molar-refractivity contribution in [3.8, 4) is 16.2 Å². The molecule has 0 aliphatic carbocycles. The minimum atomic E-state index is -0.755. The maximum Gasteiger partial charge on any atom is 0.309 e. The standard InChI is InChI=1S/C23H24N2O3S/c1-2-12-28-17-10-8-15(9-11-17)19-14-25-22(29-19)20(16-6-4-3-5-7-16)21-18(13-24-21)23(26)27/h3-11,14,18,20-21,24H,2,12-13H2,1H3,(H,26,27). The first-order valence-electron chi connectivity index (χ1n) is 9.87. The van der Waals surface area contributed by atoms with Gasteiger partial charge in [0.2, 0.25) is 0 Å². The first-order chi connectivity index (χ1) is 14.2. The van der Waals surface area contributed by atoms with Crippen LogP contribution in [-0.4, -0.2) is 35.3 Å². The average Bonchev–Trinajstić information content (AvgIpc) is 3.19. The molecule has 3 unspecified atom stereocenters. The number of ether oxygens (including phenoxy) is 1. The SMILES string of the molecule is CCCOc1ccc(-c2cnc(C(c3ccccc3)C3NCC3C(=O)O)s2)cc1. The fourth-order valence-electron chi connectivity index (χ4n) is 3.63. The van der Waals surface area contributed by atoms with Crippen molar-refractivity contribution in [2.24, 2.45) is 5.92 Å². The molecular formula is C23H24N2O3S. The van der Waals surface area contributed by atoms with Gasteiger partial charge in [-0.05, 0) is 41.8 Å². The minimum Gasteiger partial charge on any atom is -0.494 e. The second-order valence-electron chi connectivity index (χ2n) is 7.20. The van der Waals surface area contributed by atoms with Crippen LogP contribution in [0.25, 0.3) is 10.4 Å². The molecule has 1 saturated heterocycles. The summed E-state index contributed by atoms with van der Waals surface area (Å²) < 4.78 is 5.66. The number of benzene rings is 2. The summed E-state index contributed by atoms with van der Waals surface area (Å²) in [5, 5.41) is 13.8. The van der Waals surface area contributed by atoms with Gasteiger partial charge in [0.15, 0.2) is 0 Å². The van der Waals surface area contributed by atoms with Crippen LogP contribution >= 0.6 is 11.3 Å². The van der Waals surface area contributed by atoms with E-state index in [-0.39, 0.29) is 12.0 Å². The summed E-state index contributed by atoms with van der Waals surface area (Å²) in [5.41, 5.74) is 2.17. The van der Waals surface area contributed by atoms with Crippen LogP contribution in [0.2, 0.25) is 0 Å². The monoisotopic (exact) mass is 408 g/mol. The highest BCUT2D eigenvalue weighted by Crippen LogP contribution is 2.39. The molecule has 0 saturated carbocycles. The molecule has 0 amide bonds. The molecule has 0 bridgehead atoms. The number of nitrogens with zero attached hydrogens (tertiary/aromatic N) is 1. The van der Waals surface area contributed by atoms with E-state index in [0.29, 0.717) is 13.2 Å². The molecule has 2 heterocycles. The Labute approximate surface area is 174 Å². The van der Waals surface area contributed by atoms with Gasteiger partial charge in [-0.2, -0.15) is 0 Å². The molecule has 0 spiro atoms. The van der Waals surface area contributed by atoms with Gasteiger partial charge in [-0.25, -0.2) is 4.98 Å². The molecule has 1 aliphatic rings. The summed E-state index contributed by atoms with van der Waals surface area (Å²) in [7, 11) is 0. The van der Waals surface area contributed by atoms with E-state index in [1.807, 2.05) is 60.8 Å². The fraction of sp³-hybridized carbons (Fsp3) is 0.304. The molecule has 1 aliphatic heterocycles. The second kappa shape index (κ2) is 8.76. The Bertz CT molecular complexity index is 956. The van der Waals surface area contributed by atoms with Gasteiger partial charge in [-0.15, -0.1) is 11.3 Å². The summed E-state index contributed by atoms with van der Waals surface area (Å²) in [6, 6.07) is 17.9. The number of aromatic nitrogens is 1. The summed E-state index contributed by atoms with van der Waals surface area (Å²) >= 11 is 1.62. The molecule has 29 heavy (non-hydrogen) atoms. The first-order valence-corrected chi connectivity index (χ1v) is 10.7. The average molecular weight is 409 g/mol. The van der Waals surface area contributed by atoms with Gasteiger partial charge in [0.1, 0.15) is 10.8 Å². The highest BCUT2D eigenvalue weighted by atomic mass is 32.1. The number of nitrogens with one attached hydrogen (secondary N) is 1. The van der Waals surface area contributed by atoms with Gasteiger partial charge in [0, 0.05) is 18.8 Å². The highest BCUT2D eigenvalue weighted by Gasteiger charge is 2.43. The predicted octanol–water partition coefficient (Wildman–Crippen LogP) is 4.40. The highest BCUT2D eigenvalue weighted by molar-refractivity contribution is 7.15. The predicted molar refractivity (Wildman–Crippen MR) is 115 cm³/mol. The second-order valence-corrected chi connectivity index (χ2v) is 8.26. The molecule has 3 aromatic rings. The smallest absolute Gasteiger partial charge is 0.309 e. The number of carbonyl (C=O) groups is 1. The molecule has 0 radical (unpaired) electrons. The Kier molecular flexibility index (Phi) is 5.92. The van der Waals surface area contributed by atoms with E-state index in [1.165, 1.54) is 0 Å². The summed E-state index contributed by atoms with van der Waals surface area (Å²) in [5.74, 6) is -0.376. The van der Waals surface area contributed by atoms with Crippen LogP contribution in [-0.2, 0) is 4.79 Å². The molecule has 1 aromatic heterocycles. The maximum atomic E-state index is 11.6. The van der Waals surface area contributed by atoms with Gasteiger partial charge >= 0.3 is 5.97 Å². The quantitative estimate of drug-likeness (QED) is 0.578. The number of aliphatic carboxylic acids is 1. The fourth-order valence-corrected chi connectivity index (χ4v) is 4.73. The van der Waals surface area contributed by atoms with Crippen LogP contribution in [0.15, 0.2) is 60.8 Å². The van der Waals surface area contributed by atoms with E-state index < -0.39 is 11.9 Å². The largest absolute Gasteiger partial charge is 0.494 e. The number of hydrogen-bond acceptors (Lipinski definition) is 5. The van der Waals surface area contributed by atoms with Crippen LogP contribution in [0.3, 0.4) is 0 Å². The van der Waals surface area contributed by atoms with E-state index in [2.05, 4.69) is 12.2 Å². The number of rotatable bonds is 8. The molecule has 6 heteroatoms. The number of hydrogen-bond donors (Lipinski definition) is 2. The molecule has 2 aromatic carbocycles.